The van der Waals surface area contributed by atoms with Crippen LogP contribution in [0.5, 0.6) is 0 Å². The van der Waals surface area contributed by atoms with Gasteiger partial charge in [0.15, 0.2) is 0 Å². The van der Waals surface area contributed by atoms with Crippen LogP contribution in [0.4, 0.5) is 0 Å². The van der Waals surface area contributed by atoms with Crippen molar-refractivity contribution in [1.29, 1.82) is 0 Å². The molecule has 4 rings (SSSR count). The van der Waals surface area contributed by atoms with Crippen LogP contribution < -0.4 is 5.32 Å². The first-order valence-corrected chi connectivity index (χ1v) is 6.30. The van der Waals surface area contributed by atoms with E-state index in [0.717, 1.165) is 38.3 Å². The lowest BCUT2D eigenvalue weighted by atomic mass is 9.31. The summed E-state index contributed by atoms with van der Waals surface area (Å²) in [5.74, 6) is 0.881. The molecule has 16 heavy (non-hydrogen) atoms. The van der Waals surface area contributed by atoms with Gasteiger partial charge in [0.1, 0.15) is 5.60 Å². The maximum atomic E-state index is 12.0. The minimum absolute atomic E-state index is 0.0501. The van der Waals surface area contributed by atoms with Gasteiger partial charge in [-0.15, -0.1) is 0 Å². The monoisotopic (exact) mass is 223 g/mol. The average Bonchev–Trinajstić information content (AvgIpc) is 1.83. The van der Waals surface area contributed by atoms with Crippen LogP contribution in [-0.4, -0.2) is 24.7 Å². The van der Waals surface area contributed by atoms with Crippen molar-refractivity contribution >= 4 is 5.97 Å². The van der Waals surface area contributed by atoms with E-state index in [0.29, 0.717) is 5.41 Å². The van der Waals surface area contributed by atoms with Gasteiger partial charge < -0.3 is 10.1 Å². The van der Waals surface area contributed by atoms with Crippen molar-refractivity contribution < 1.29 is 9.53 Å². The molecule has 2 bridgehead atoms. The number of carbonyl (C=O) groups is 1. The molecule has 1 heterocycles. The highest BCUT2D eigenvalue weighted by Gasteiger charge is 2.74. The summed E-state index contributed by atoms with van der Waals surface area (Å²) in [4.78, 5) is 12.0. The fourth-order valence-electron chi connectivity index (χ4n) is 3.62. The van der Waals surface area contributed by atoms with E-state index in [2.05, 4.69) is 5.32 Å². The van der Waals surface area contributed by atoms with E-state index in [-0.39, 0.29) is 17.0 Å². The molecule has 3 saturated carbocycles. The predicted molar refractivity (Wildman–Crippen MR) is 60.9 cm³/mol. The van der Waals surface area contributed by atoms with Crippen LogP contribution in [0, 0.1) is 16.7 Å². The minimum atomic E-state index is -0.336. The first-order valence-electron chi connectivity index (χ1n) is 6.30. The maximum absolute atomic E-state index is 12.0. The van der Waals surface area contributed by atoms with Gasteiger partial charge in [-0.1, -0.05) is 0 Å². The van der Waals surface area contributed by atoms with Crippen LogP contribution in [0.2, 0.25) is 0 Å². The Bertz CT molecular complexity index is 319. The van der Waals surface area contributed by atoms with Gasteiger partial charge in [0.25, 0.3) is 0 Å². The van der Waals surface area contributed by atoms with Crippen LogP contribution in [0.25, 0.3) is 0 Å². The summed E-state index contributed by atoms with van der Waals surface area (Å²) in [6, 6.07) is 0. The van der Waals surface area contributed by atoms with Gasteiger partial charge in [0, 0.05) is 0 Å². The fraction of sp³-hybridized carbons (Fsp3) is 0.923. The smallest absolute Gasteiger partial charge is 0.312 e. The first-order chi connectivity index (χ1) is 7.35. The van der Waals surface area contributed by atoms with Crippen LogP contribution >= 0.6 is 0 Å². The molecule has 0 radical (unpaired) electrons. The zero-order valence-corrected chi connectivity index (χ0v) is 10.4. The highest BCUT2D eigenvalue weighted by molar-refractivity contribution is 5.81. The van der Waals surface area contributed by atoms with Crippen molar-refractivity contribution in [1.82, 2.24) is 5.32 Å². The second-order valence-electron chi connectivity index (χ2n) is 7.03. The number of esters is 1. The molecule has 1 N–H and O–H groups in total. The number of ether oxygens (including phenoxy) is 1. The molecule has 4 fully saturated rings. The zero-order chi connectivity index (χ0) is 11.6. The van der Waals surface area contributed by atoms with Crippen LogP contribution in [0.15, 0.2) is 0 Å². The number of nitrogens with one attached hydrogen (secondary N) is 1. The van der Waals surface area contributed by atoms with Crippen molar-refractivity contribution in [2.24, 2.45) is 16.7 Å². The Morgan fingerprint density at radius 2 is 1.81 bits per heavy atom. The molecular weight excluding hydrogens is 202 g/mol. The second-order valence-corrected chi connectivity index (χ2v) is 7.03. The Labute approximate surface area is 96.9 Å². The molecule has 3 aliphatic carbocycles. The quantitative estimate of drug-likeness (QED) is 0.724. The van der Waals surface area contributed by atoms with Crippen LogP contribution in [0.3, 0.4) is 0 Å². The normalized spacial score (nSPS) is 41.7. The van der Waals surface area contributed by atoms with Gasteiger partial charge >= 0.3 is 5.97 Å². The molecule has 0 amide bonds. The molecule has 0 spiro atoms. The van der Waals surface area contributed by atoms with E-state index in [1.165, 1.54) is 0 Å². The molecule has 3 heteroatoms. The van der Waals surface area contributed by atoms with Crippen LogP contribution in [-0.2, 0) is 9.53 Å². The number of hydrogen-bond donors (Lipinski definition) is 1. The predicted octanol–water partition coefficient (Wildman–Crippen LogP) is 1.72. The molecular formula is C13H21NO2. The number of carbonyl (C=O) groups excluding carboxylic acids is 1. The van der Waals surface area contributed by atoms with E-state index >= 15 is 0 Å². The number of hydrogen-bond acceptors (Lipinski definition) is 3. The van der Waals surface area contributed by atoms with Gasteiger partial charge in [-0.05, 0) is 64.5 Å². The van der Waals surface area contributed by atoms with E-state index in [1.807, 2.05) is 20.8 Å². The summed E-state index contributed by atoms with van der Waals surface area (Å²) >= 11 is 0. The second kappa shape index (κ2) is 2.81. The molecule has 0 aromatic rings. The van der Waals surface area contributed by atoms with E-state index < -0.39 is 0 Å². The average molecular weight is 223 g/mol. The number of rotatable bonds is 2. The Morgan fingerprint density at radius 3 is 2.19 bits per heavy atom. The van der Waals surface area contributed by atoms with Gasteiger partial charge in [-0.2, -0.15) is 0 Å². The van der Waals surface area contributed by atoms with Crippen molar-refractivity contribution in [2.75, 3.05) is 13.1 Å². The van der Waals surface area contributed by atoms with Crippen molar-refractivity contribution in [2.45, 2.75) is 45.6 Å². The Balaban J connectivity index is 1.58. The third kappa shape index (κ3) is 1.27. The lowest BCUT2D eigenvalue weighted by Crippen LogP contribution is -2.73. The molecule has 0 aromatic carbocycles. The topological polar surface area (TPSA) is 38.3 Å². The Kier molecular flexibility index (Phi) is 1.86. The zero-order valence-electron chi connectivity index (χ0n) is 10.4. The summed E-state index contributed by atoms with van der Waals surface area (Å²) in [6.45, 7) is 8.15. The molecule has 0 aromatic heterocycles. The van der Waals surface area contributed by atoms with Crippen LogP contribution in [0.1, 0.15) is 40.0 Å². The van der Waals surface area contributed by atoms with Crippen molar-refractivity contribution in [3.63, 3.8) is 0 Å². The summed E-state index contributed by atoms with van der Waals surface area (Å²) in [6.07, 6.45) is 3.25. The van der Waals surface area contributed by atoms with Gasteiger partial charge in [-0.3, -0.25) is 4.79 Å². The molecule has 1 saturated heterocycles. The maximum Gasteiger partial charge on any atom is 0.312 e. The standard InChI is InChI=1S/C13H21NO2/c1-11(2,3)16-10(15)13-6-12(7-13,8-13)9-4-14-5-9/h9,14H,4-8H2,1-3H3. The minimum Gasteiger partial charge on any atom is -0.460 e. The fourth-order valence-corrected chi connectivity index (χ4v) is 3.62. The van der Waals surface area contributed by atoms with Crippen molar-refractivity contribution in [3.05, 3.63) is 0 Å². The largest absolute Gasteiger partial charge is 0.460 e. The summed E-state index contributed by atoms with van der Waals surface area (Å²) in [5.41, 5.74) is 0.0999. The molecule has 4 aliphatic rings. The third-order valence-electron chi connectivity index (χ3n) is 4.55. The SMILES string of the molecule is CC(C)(C)OC(=O)C12CC(C3CNC3)(C1)C2. The van der Waals surface area contributed by atoms with E-state index in [1.54, 1.807) is 0 Å². The van der Waals surface area contributed by atoms with Gasteiger partial charge in [-0.25, -0.2) is 0 Å². The summed E-state index contributed by atoms with van der Waals surface area (Å²) in [7, 11) is 0. The summed E-state index contributed by atoms with van der Waals surface area (Å²) in [5, 5.41) is 3.32. The van der Waals surface area contributed by atoms with Gasteiger partial charge in [0.05, 0.1) is 5.41 Å². The third-order valence-corrected chi connectivity index (χ3v) is 4.55. The molecule has 0 atom stereocenters. The highest BCUT2D eigenvalue weighted by atomic mass is 16.6. The van der Waals surface area contributed by atoms with Crippen molar-refractivity contribution in [3.8, 4) is 0 Å². The van der Waals surface area contributed by atoms with Gasteiger partial charge in [0.2, 0.25) is 0 Å². The lowest BCUT2D eigenvalue weighted by molar-refractivity contribution is -0.257. The van der Waals surface area contributed by atoms with E-state index in [4.69, 9.17) is 4.74 Å². The Hall–Kier alpha value is -0.570. The molecule has 1 aliphatic heterocycles. The molecule has 0 unspecified atom stereocenters. The van der Waals surface area contributed by atoms with E-state index in [9.17, 15) is 4.79 Å². The highest BCUT2D eigenvalue weighted by Crippen LogP contribution is 2.77. The first kappa shape index (κ1) is 10.6. The summed E-state index contributed by atoms with van der Waals surface area (Å²) < 4.78 is 5.50. The Morgan fingerprint density at radius 1 is 1.25 bits per heavy atom. The molecule has 90 valence electrons. The molecule has 3 nitrogen and oxygen atoms in total. The lowest BCUT2D eigenvalue weighted by Gasteiger charge is -2.73.